The van der Waals surface area contributed by atoms with Crippen molar-refractivity contribution in [1.29, 1.82) is 0 Å². The Morgan fingerprint density at radius 3 is 2.52 bits per heavy atom. The van der Waals surface area contributed by atoms with Crippen LogP contribution >= 0.6 is 11.3 Å². The van der Waals surface area contributed by atoms with Gasteiger partial charge >= 0.3 is 0 Å². The maximum atomic E-state index is 12.6. The van der Waals surface area contributed by atoms with Crippen molar-refractivity contribution in [1.82, 2.24) is 4.72 Å². The van der Waals surface area contributed by atoms with Gasteiger partial charge < -0.3 is 0 Å². The molecule has 1 aromatic heterocycles. The predicted octanol–water partition coefficient (Wildman–Crippen LogP) is 3.79. The summed E-state index contributed by atoms with van der Waals surface area (Å²) in [5.74, 6) is 0.435. The molecule has 1 atom stereocenters. The van der Waals surface area contributed by atoms with Crippen LogP contribution in [0.15, 0.2) is 40.6 Å². The first-order chi connectivity index (χ1) is 9.97. The Hall–Kier alpha value is -1.17. The highest BCUT2D eigenvalue weighted by Crippen LogP contribution is 2.43. The lowest BCUT2D eigenvalue weighted by atomic mass is 10.1. The summed E-state index contributed by atoms with van der Waals surface area (Å²) in [5, 5.41) is 2.00. The van der Waals surface area contributed by atoms with Gasteiger partial charge in [-0.25, -0.2) is 13.1 Å². The molecule has 1 N–H and O–H groups in total. The zero-order valence-electron chi connectivity index (χ0n) is 12.2. The Balaban J connectivity index is 1.89. The summed E-state index contributed by atoms with van der Waals surface area (Å²) in [4.78, 5) is 1.46. The van der Waals surface area contributed by atoms with Crippen LogP contribution in [0.2, 0.25) is 0 Å². The highest BCUT2D eigenvalue weighted by Gasteiger charge is 2.36. The molecule has 21 heavy (non-hydrogen) atoms. The van der Waals surface area contributed by atoms with Gasteiger partial charge in [0, 0.05) is 4.88 Å². The molecular formula is C16H19NO2S2. The highest BCUT2D eigenvalue weighted by atomic mass is 32.2. The molecule has 1 unspecified atom stereocenters. The molecule has 1 saturated carbocycles. The van der Waals surface area contributed by atoms with Crippen molar-refractivity contribution in [3.8, 4) is 0 Å². The van der Waals surface area contributed by atoms with Crippen LogP contribution in [0.3, 0.4) is 0 Å². The Kier molecular flexibility index (Phi) is 3.90. The number of hydrogen-bond donors (Lipinski definition) is 1. The van der Waals surface area contributed by atoms with Gasteiger partial charge in [0.15, 0.2) is 0 Å². The highest BCUT2D eigenvalue weighted by molar-refractivity contribution is 7.89. The Morgan fingerprint density at radius 1 is 1.19 bits per heavy atom. The molecule has 0 radical (unpaired) electrons. The SMILES string of the molecule is Cc1ccc(S(=O)(=O)NC(c2cccs2)C2CC2)cc1C. The summed E-state index contributed by atoms with van der Waals surface area (Å²) >= 11 is 1.61. The quantitative estimate of drug-likeness (QED) is 0.910. The maximum absolute atomic E-state index is 12.6. The van der Waals surface area contributed by atoms with E-state index in [2.05, 4.69) is 4.72 Å². The number of nitrogens with one attached hydrogen (secondary N) is 1. The van der Waals surface area contributed by atoms with Gasteiger partial charge in [0.25, 0.3) is 0 Å². The summed E-state index contributed by atoms with van der Waals surface area (Å²) in [6, 6.07) is 9.19. The van der Waals surface area contributed by atoms with Gasteiger partial charge in [-0.15, -0.1) is 11.3 Å². The van der Waals surface area contributed by atoms with E-state index >= 15 is 0 Å². The van der Waals surface area contributed by atoms with Gasteiger partial charge in [-0.1, -0.05) is 12.1 Å². The number of benzene rings is 1. The fraction of sp³-hybridized carbons (Fsp3) is 0.375. The molecule has 1 heterocycles. The number of aryl methyl sites for hydroxylation is 2. The summed E-state index contributed by atoms with van der Waals surface area (Å²) in [5.41, 5.74) is 2.10. The van der Waals surface area contributed by atoms with Crippen LogP contribution in [0.1, 0.15) is 34.9 Å². The number of rotatable bonds is 5. The first-order valence-electron chi connectivity index (χ1n) is 7.10. The normalized spacial score (nSPS) is 16.9. The molecule has 5 heteroatoms. The Morgan fingerprint density at radius 2 is 1.95 bits per heavy atom. The van der Waals surface area contributed by atoms with E-state index in [1.54, 1.807) is 23.5 Å². The molecule has 0 amide bonds. The minimum absolute atomic E-state index is 0.0865. The van der Waals surface area contributed by atoms with Crippen LogP contribution in [0.5, 0.6) is 0 Å². The van der Waals surface area contributed by atoms with Crippen molar-refractivity contribution in [3.63, 3.8) is 0 Å². The first kappa shape index (κ1) is 14.8. The minimum atomic E-state index is -3.47. The van der Waals surface area contributed by atoms with E-state index in [-0.39, 0.29) is 6.04 Å². The van der Waals surface area contributed by atoms with Crippen LogP contribution in [-0.2, 0) is 10.0 Å². The first-order valence-corrected chi connectivity index (χ1v) is 9.46. The molecule has 1 aliphatic rings. The van der Waals surface area contributed by atoms with Crippen molar-refractivity contribution in [2.75, 3.05) is 0 Å². The van der Waals surface area contributed by atoms with E-state index in [9.17, 15) is 8.42 Å². The van der Waals surface area contributed by atoms with Gasteiger partial charge in [-0.2, -0.15) is 0 Å². The van der Waals surface area contributed by atoms with Crippen LogP contribution in [-0.4, -0.2) is 8.42 Å². The lowest BCUT2D eigenvalue weighted by Crippen LogP contribution is -2.29. The number of thiophene rings is 1. The van der Waals surface area contributed by atoms with Gasteiger partial charge in [0.1, 0.15) is 0 Å². The van der Waals surface area contributed by atoms with Crippen LogP contribution in [0.4, 0.5) is 0 Å². The van der Waals surface area contributed by atoms with Crippen molar-refractivity contribution < 1.29 is 8.42 Å². The summed E-state index contributed by atoms with van der Waals surface area (Å²) < 4.78 is 28.2. The molecule has 3 rings (SSSR count). The molecule has 112 valence electrons. The average Bonchev–Trinajstić information content (AvgIpc) is 3.13. The van der Waals surface area contributed by atoms with Crippen LogP contribution in [0, 0.1) is 19.8 Å². The second kappa shape index (κ2) is 5.55. The van der Waals surface area contributed by atoms with E-state index in [0.29, 0.717) is 10.8 Å². The maximum Gasteiger partial charge on any atom is 0.241 e. The Labute approximate surface area is 130 Å². The third-order valence-corrected chi connectivity index (χ3v) is 6.41. The van der Waals surface area contributed by atoms with Gasteiger partial charge in [0.2, 0.25) is 10.0 Å². The van der Waals surface area contributed by atoms with Gasteiger partial charge in [-0.3, -0.25) is 0 Å². The fourth-order valence-electron chi connectivity index (χ4n) is 2.40. The van der Waals surface area contributed by atoms with E-state index in [1.165, 1.54) is 0 Å². The van der Waals surface area contributed by atoms with Crippen molar-refractivity contribution in [2.24, 2.45) is 5.92 Å². The van der Waals surface area contributed by atoms with Crippen molar-refractivity contribution in [3.05, 3.63) is 51.7 Å². The Bertz CT molecular complexity index is 732. The second-order valence-electron chi connectivity index (χ2n) is 5.70. The zero-order chi connectivity index (χ0) is 15.0. The van der Waals surface area contributed by atoms with Crippen LogP contribution < -0.4 is 4.72 Å². The second-order valence-corrected chi connectivity index (χ2v) is 8.39. The lowest BCUT2D eigenvalue weighted by Gasteiger charge is -2.17. The monoisotopic (exact) mass is 321 g/mol. The summed E-state index contributed by atoms with van der Waals surface area (Å²) in [6.45, 7) is 3.92. The van der Waals surface area contributed by atoms with Gasteiger partial charge in [-0.05, 0) is 67.3 Å². The van der Waals surface area contributed by atoms with Gasteiger partial charge in [0.05, 0.1) is 10.9 Å². The van der Waals surface area contributed by atoms with E-state index in [4.69, 9.17) is 0 Å². The van der Waals surface area contributed by atoms with Crippen molar-refractivity contribution in [2.45, 2.75) is 37.6 Å². The van der Waals surface area contributed by atoms with Crippen molar-refractivity contribution >= 4 is 21.4 Å². The third-order valence-electron chi connectivity index (χ3n) is 4.01. The predicted molar refractivity (Wildman–Crippen MR) is 86.0 cm³/mol. The minimum Gasteiger partial charge on any atom is -0.207 e. The fourth-order valence-corrected chi connectivity index (χ4v) is 4.71. The summed E-state index contributed by atoms with van der Waals surface area (Å²) in [7, 11) is -3.47. The molecule has 3 nitrogen and oxygen atoms in total. The van der Waals surface area contributed by atoms with E-state index in [1.807, 2.05) is 37.4 Å². The summed E-state index contributed by atoms with van der Waals surface area (Å²) in [6.07, 6.45) is 2.19. The lowest BCUT2D eigenvalue weighted by molar-refractivity contribution is 0.533. The standard InChI is InChI=1S/C16H19NO2S2/c1-11-5-8-14(10-12(11)2)21(18,19)17-16(13-6-7-13)15-4-3-9-20-15/h3-5,8-10,13,16-17H,6-7H2,1-2H3. The molecule has 0 aliphatic heterocycles. The molecule has 2 aromatic rings. The molecule has 0 spiro atoms. The largest absolute Gasteiger partial charge is 0.241 e. The third kappa shape index (κ3) is 3.20. The molecule has 1 fully saturated rings. The zero-order valence-corrected chi connectivity index (χ0v) is 13.8. The van der Waals surface area contributed by atoms with Crippen LogP contribution in [0.25, 0.3) is 0 Å². The number of hydrogen-bond acceptors (Lipinski definition) is 3. The molecule has 1 aliphatic carbocycles. The topological polar surface area (TPSA) is 46.2 Å². The molecule has 1 aromatic carbocycles. The molecule has 0 bridgehead atoms. The molecule has 0 saturated heterocycles. The van der Waals surface area contributed by atoms with E-state index < -0.39 is 10.0 Å². The smallest absolute Gasteiger partial charge is 0.207 e. The molecular weight excluding hydrogens is 302 g/mol. The average molecular weight is 321 g/mol. The number of sulfonamides is 1. The van der Waals surface area contributed by atoms with E-state index in [0.717, 1.165) is 28.8 Å².